The zero-order valence-electron chi connectivity index (χ0n) is 16.7. The van der Waals surface area contributed by atoms with Crippen molar-refractivity contribution in [1.82, 2.24) is 14.2 Å². The molecule has 0 spiro atoms. The van der Waals surface area contributed by atoms with Gasteiger partial charge in [-0.1, -0.05) is 17.7 Å². The highest BCUT2D eigenvalue weighted by Crippen LogP contribution is 2.30. The highest BCUT2D eigenvalue weighted by molar-refractivity contribution is 7.91. The number of halogens is 1. The molecule has 166 valence electrons. The van der Waals surface area contributed by atoms with Crippen LogP contribution in [0.1, 0.15) is 25.7 Å². The lowest BCUT2D eigenvalue weighted by atomic mass is 9.96. The lowest BCUT2D eigenvalue weighted by Gasteiger charge is -2.35. The normalized spacial score (nSPS) is 22.4. The number of hydrogen-bond donors (Lipinski definition) is 1. The summed E-state index contributed by atoms with van der Waals surface area (Å²) in [6.45, 7) is 1.11. The highest BCUT2D eigenvalue weighted by Gasteiger charge is 2.42. The Labute approximate surface area is 190 Å². The van der Waals surface area contributed by atoms with Crippen molar-refractivity contribution in [2.24, 2.45) is 5.92 Å². The number of carbonyl (C=O) groups excluding carboxylic acids is 2. The molecule has 8 nitrogen and oxygen atoms in total. The first-order valence-corrected chi connectivity index (χ1v) is 12.8. The fourth-order valence-electron chi connectivity index (χ4n) is 4.08. The van der Waals surface area contributed by atoms with Crippen LogP contribution >= 0.6 is 22.9 Å². The summed E-state index contributed by atoms with van der Waals surface area (Å²) in [5.74, 6) is -0.401. The number of amides is 2. The predicted molar refractivity (Wildman–Crippen MR) is 118 cm³/mol. The molecular weight excluding hydrogens is 460 g/mol. The number of hydrogen-bond acceptors (Lipinski definition) is 6. The number of sulfonamides is 1. The lowest BCUT2D eigenvalue weighted by Crippen LogP contribution is -2.51. The number of carbonyl (C=O) groups is 2. The van der Waals surface area contributed by atoms with Gasteiger partial charge >= 0.3 is 0 Å². The van der Waals surface area contributed by atoms with Crippen molar-refractivity contribution in [3.63, 3.8) is 0 Å². The summed E-state index contributed by atoms with van der Waals surface area (Å²) in [4.78, 5) is 31.7. The number of piperidine rings is 1. The summed E-state index contributed by atoms with van der Waals surface area (Å²) in [6.07, 6.45) is 3.93. The van der Waals surface area contributed by atoms with Crippen LogP contribution < -0.4 is 5.32 Å². The van der Waals surface area contributed by atoms with E-state index in [1.54, 1.807) is 34.5 Å². The summed E-state index contributed by atoms with van der Waals surface area (Å²) in [5, 5.41) is 4.96. The van der Waals surface area contributed by atoms with Gasteiger partial charge in [-0.25, -0.2) is 13.4 Å². The van der Waals surface area contributed by atoms with E-state index in [0.29, 0.717) is 49.6 Å². The third-order valence-corrected chi connectivity index (χ3v) is 9.13. The maximum Gasteiger partial charge on any atom is 0.253 e. The standard InChI is InChI=1S/C20H23ClN4O4S2/c21-15-7-8-17(22-12-15)23-19(26)14-4-1-9-24(13-14)20(27)16-5-2-10-25(16)31(28,29)18-6-3-11-30-18/h3,6-8,11-12,14,16H,1-2,4-5,9-10,13H2,(H,22,23,26). The van der Waals surface area contributed by atoms with Gasteiger partial charge in [-0.3, -0.25) is 9.59 Å². The number of aromatic nitrogens is 1. The van der Waals surface area contributed by atoms with Gasteiger partial charge in [-0.2, -0.15) is 4.31 Å². The molecule has 0 bridgehead atoms. The minimum atomic E-state index is -3.70. The number of nitrogens with zero attached hydrogens (tertiary/aromatic N) is 3. The Balaban J connectivity index is 1.43. The van der Waals surface area contributed by atoms with Crippen LogP contribution in [0.3, 0.4) is 0 Å². The first-order chi connectivity index (χ1) is 14.9. The molecule has 0 radical (unpaired) electrons. The van der Waals surface area contributed by atoms with E-state index in [-0.39, 0.29) is 28.5 Å². The van der Waals surface area contributed by atoms with Crippen molar-refractivity contribution in [2.45, 2.75) is 35.9 Å². The first-order valence-electron chi connectivity index (χ1n) is 10.1. The van der Waals surface area contributed by atoms with E-state index in [1.807, 2.05) is 0 Å². The molecule has 0 aromatic carbocycles. The molecule has 2 amide bonds. The summed E-state index contributed by atoms with van der Waals surface area (Å²) in [5.41, 5.74) is 0. The molecule has 2 aromatic heterocycles. The minimum absolute atomic E-state index is 0.207. The van der Waals surface area contributed by atoms with E-state index in [1.165, 1.54) is 10.5 Å². The van der Waals surface area contributed by atoms with E-state index in [0.717, 1.165) is 11.3 Å². The summed E-state index contributed by atoms with van der Waals surface area (Å²) in [6, 6.07) is 5.80. The molecule has 4 rings (SSSR count). The van der Waals surface area contributed by atoms with Crippen LogP contribution in [0.25, 0.3) is 0 Å². The van der Waals surface area contributed by atoms with Gasteiger partial charge in [0.05, 0.1) is 10.9 Å². The average molecular weight is 483 g/mol. The first kappa shape index (κ1) is 22.2. The Hall–Kier alpha value is -2.01. The maximum absolute atomic E-state index is 13.3. The van der Waals surface area contributed by atoms with Crippen molar-refractivity contribution in [1.29, 1.82) is 0 Å². The number of likely N-dealkylation sites (tertiary alicyclic amines) is 1. The Morgan fingerprint density at radius 1 is 1.16 bits per heavy atom. The molecule has 0 saturated carbocycles. The Morgan fingerprint density at radius 3 is 2.68 bits per heavy atom. The largest absolute Gasteiger partial charge is 0.341 e. The third-order valence-electron chi connectivity index (χ3n) is 5.63. The molecule has 2 aliphatic rings. The molecular formula is C20H23ClN4O4S2. The second-order valence-corrected chi connectivity index (χ2v) is 11.2. The lowest BCUT2D eigenvalue weighted by molar-refractivity contribution is -0.137. The number of nitrogens with one attached hydrogen (secondary N) is 1. The van der Waals surface area contributed by atoms with Gasteiger partial charge in [0.25, 0.3) is 10.0 Å². The van der Waals surface area contributed by atoms with Gasteiger partial charge in [-0.05, 0) is 49.3 Å². The van der Waals surface area contributed by atoms with E-state index < -0.39 is 16.1 Å². The van der Waals surface area contributed by atoms with Crippen LogP contribution in [-0.4, -0.2) is 60.1 Å². The monoisotopic (exact) mass is 482 g/mol. The van der Waals surface area contributed by atoms with Crippen LogP contribution in [0.4, 0.5) is 5.82 Å². The molecule has 2 aliphatic heterocycles. The molecule has 11 heteroatoms. The highest BCUT2D eigenvalue weighted by atomic mass is 35.5. The van der Waals surface area contributed by atoms with Crippen LogP contribution in [-0.2, 0) is 19.6 Å². The molecule has 2 unspecified atom stereocenters. The maximum atomic E-state index is 13.3. The SMILES string of the molecule is O=C(Nc1ccc(Cl)cn1)C1CCCN(C(=O)C2CCCN2S(=O)(=O)c2cccs2)C1. The zero-order chi connectivity index (χ0) is 22.0. The Bertz CT molecular complexity index is 1040. The molecule has 2 fully saturated rings. The number of pyridine rings is 1. The minimum Gasteiger partial charge on any atom is -0.341 e. The van der Waals surface area contributed by atoms with Crippen molar-refractivity contribution >= 4 is 50.6 Å². The molecule has 1 N–H and O–H groups in total. The molecule has 4 heterocycles. The molecule has 2 saturated heterocycles. The summed E-state index contributed by atoms with van der Waals surface area (Å²) >= 11 is 6.97. The Kier molecular flexibility index (Phi) is 6.61. The zero-order valence-corrected chi connectivity index (χ0v) is 19.1. The van der Waals surface area contributed by atoms with E-state index in [2.05, 4.69) is 10.3 Å². The van der Waals surface area contributed by atoms with Crippen LogP contribution in [0.5, 0.6) is 0 Å². The van der Waals surface area contributed by atoms with Crippen molar-refractivity contribution in [3.8, 4) is 0 Å². The van der Waals surface area contributed by atoms with Crippen LogP contribution in [0.2, 0.25) is 5.02 Å². The number of thiophene rings is 1. The molecule has 2 atom stereocenters. The smallest absolute Gasteiger partial charge is 0.253 e. The van der Waals surface area contributed by atoms with Gasteiger partial charge in [0.2, 0.25) is 11.8 Å². The molecule has 31 heavy (non-hydrogen) atoms. The third kappa shape index (κ3) is 4.77. The molecule has 2 aromatic rings. The second-order valence-electron chi connectivity index (χ2n) is 7.68. The van der Waals surface area contributed by atoms with Gasteiger partial charge < -0.3 is 10.2 Å². The van der Waals surface area contributed by atoms with E-state index in [9.17, 15) is 18.0 Å². The van der Waals surface area contributed by atoms with Crippen molar-refractivity contribution in [2.75, 3.05) is 25.0 Å². The van der Waals surface area contributed by atoms with Gasteiger partial charge in [-0.15, -0.1) is 11.3 Å². The van der Waals surface area contributed by atoms with Crippen molar-refractivity contribution < 1.29 is 18.0 Å². The fourth-order valence-corrected chi connectivity index (χ4v) is 6.96. The Morgan fingerprint density at radius 2 is 1.97 bits per heavy atom. The van der Waals surface area contributed by atoms with E-state index >= 15 is 0 Å². The topological polar surface area (TPSA) is 99.7 Å². The van der Waals surface area contributed by atoms with E-state index in [4.69, 9.17) is 11.6 Å². The van der Waals surface area contributed by atoms with Crippen LogP contribution in [0.15, 0.2) is 40.1 Å². The predicted octanol–water partition coefficient (Wildman–Crippen LogP) is 2.83. The summed E-state index contributed by atoms with van der Waals surface area (Å²) < 4.78 is 27.5. The van der Waals surface area contributed by atoms with Gasteiger partial charge in [0, 0.05) is 25.8 Å². The number of anilines is 1. The van der Waals surface area contributed by atoms with Gasteiger partial charge in [0.1, 0.15) is 16.1 Å². The average Bonchev–Trinajstić information content (AvgIpc) is 3.48. The fraction of sp³-hybridized carbons (Fsp3) is 0.450. The van der Waals surface area contributed by atoms with Crippen molar-refractivity contribution in [3.05, 3.63) is 40.9 Å². The quantitative estimate of drug-likeness (QED) is 0.706. The van der Waals surface area contributed by atoms with Crippen LogP contribution in [0, 0.1) is 5.92 Å². The summed E-state index contributed by atoms with van der Waals surface area (Å²) in [7, 11) is -3.70. The second kappa shape index (κ2) is 9.23. The number of rotatable bonds is 5. The molecule has 0 aliphatic carbocycles. The van der Waals surface area contributed by atoms with Gasteiger partial charge in [0.15, 0.2) is 0 Å².